The molecule has 4 nitrogen and oxygen atoms in total. The summed E-state index contributed by atoms with van der Waals surface area (Å²) in [5, 5.41) is 2.15. The van der Waals surface area contributed by atoms with Gasteiger partial charge in [-0.3, -0.25) is 0 Å². The Hall–Kier alpha value is -5.60. The molecule has 0 aliphatic carbocycles. The summed E-state index contributed by atoms with van der Waals surface area (Å²) in [4.78, 5) is 2.35. The van der Waals surface area contributed by atoms with Crippen LogP contribution >= 0.6 is 34.4 Å². The monoisotopic (exact) mass is 782 g/mol. The van der Waals surface area contributed by atoms with Gasteiger partial charge in [-0.1, -0.05) is 122 Å². The predicted molar refractivity (Wildman–Crippen MR) is 238 cm³/mol. The minimum absolute atomic E-state index is 0.187. The zero-order valence-corrected chi connectivity index (χ0v) is 34.0. The van der Waals surface area contributed by atoms with Crippen LogP contribution in [0, 0.1) is 0 Å². The molecule has 0 saturated carbocycles. The van der Waals surface area contributed by atoms with E-state index in [1.54, 1.807) is 36.9 Å². The van der Waals surface area contributed by atoms with E-state index >= 15 is 0 Å². The number of thiophene rings is 2. The first-order chi connectivity index (χ1) is 27.4. The van der Waals surface area contributed by atoms with Gasteiger partial charge in [0.25, 0.3) is 0 Å². The highest BCUT2D eigenvalue weighted by Crippen LogP contribution is 2.52. The predicted octanol–water partition coefficient (Wildman–Crippen LogP) is 14.2. The van der Waals surface area contributed by atoms with Crippen LogP contribution < -0.4 is 9.47 Å². The summed E-state index contributed by atoms with van der Waals surface area (Å²) in [5.41, 5.74) is 13.2. The topological polar surface area (TPSA) is 44.2 Å². The summed E-state index contributed by atoms with van der Waals surface area (Å²) in [5.74, 6) is 1.97. The lowest BCUT2D eigenvalue weighted by Crippen LogP contribution is -2.21. The van der Waals surface area contributed by atoms with Crippen molar-refractivity contribution in [3.8, 4) is 54.6 Å². The third-order valence-electron chi connectivity index (χ3n) is 11.8. The average molecular weight is 783 g/mol. The Labute approximate surface area is 338 Å². The van der Waals surface area contributed by atoms with E-state index in [1.165, 1.54) is 49.3 Å². The van der Waals surface area contributed by atoms with Gasteiger partial charge >= 0.3 is 0 Å². The molecule has 0 saturated heterocycles. The van der Waals surface area contributed by atoms with Crippen molar-refractivity contribution in [3.05, 3.63) is 156 Å². The second kappa shape index (κ2) is 13.6. The third-order valence-corrected chi connectivity index (χ3v) is 14.7. The van der Waals surface area contributed by atoms with Crippen molar-refractivity contribution < 1.29 is 9.47 Å². The van der Waals surface area contributed by atoms with Crippen molar-refractivity contribution in [2.45, 2.75) is 31.6 Å². The van der Waals surface area contributed by atoms with Gasteiger partial charge in [0.15, 0.2) is 0 Å². The van der Waals surface area contributed by atoms with Gasteiger partial charge in [-0.25, -0.2) is 0 Å². The quantitative estimate of drug-likeness (QED) is 0.167. The minimum Gasteiger partial charge on any atom is -0.495 e. The van der Waals surface area contributed by atoms with Crippen molar-refractivity contribution in [2.75, 3.05) is 14.2 Å². The molecule has 13 heterocycles. The average Bonchev–Trinajstić information content (AvgIpc) is 4.03. The van der Waals surface area contributed by atoms with Crippen molar-refractivity contribution in [1.29, 1.82) is 0 Å². The van der Waals surface area contributed by atoms with E-state index < -0.39 is 5.41 Å². The van der Waals surface area contributed by atoms with E-state index in [2.05, 4.69) is 142 Å². The third kappa shape index (κ3) is 5.36. The number of hydrogen-bond acceptors (Lipinski definition) is 7. The number of hydrogen-bond donors (Lipinski definition) is 0. The van der Waals surface area contributed by atoms with Crippen LogP contribution in [0.3, 0.4) is 0 Å². The number of benzene rings is 6. The fourth-order valence-electron chi connectivity index (χ4n) is 8.57. The molecule has 2 unspecified atom stereocenters. The molecular weight excluding hydrogens is 745 g/mol. The first-order valence-corrected chi connectivity index (χ1v) is 21.2. The molecule has 19 rings (SSSR count). The SMILES string of the molecule is C=CC1(C)c2ccc(cc2)-c2ccc(cc2)-c2cc3c(OC)c4sc(cc4c(OC)c3s2)-c2ccc(cc2)-c2ccc(cc2)C(CC)c2ccc1c1nsnc21. The van der Waals surface area contributed by atoms with Crippen LogP contribution in [0.5, 0.6) is 11.5 Å². The Balaban J connectivity index is 1.16. The summed E-state index contributed by atoms with van der Waals surface area (Å²) in [6, 6.07) is 44.7. The van der Waals surface area contributed by atoms with Crippen molar-refractivity contribution >= 4 is 65.6 Å². The molecule has 7 heteroatoms. The normalized spacial score (nSPS) is 16.2. The molecule has 10 aliphatic heterocycles. The molecule has 56 heavy (non-hydrogen) atoms. The summed E-state index contributed by atoms with van der Waals surface area (Å²) in [7, 11) is 3.54. The summed E-state index contributed by atoms with van der Waals surface area (Å²) in [6.45, 7) is 8.83. The molecule has 0 radical (unpaired) electrons. The molecule has 0 amide bonds. The van der Waals surface area contributed by atoms with Gasteiger partial charge in [0.05, 0.1) is 35.3 Å². The van der Waals surface area contributed by atoms with E-state index in [4.69, 9.17) is 18.2 Å². The lowest BCUT2D eigenvalue weighted by atomic mass is 9.74. The molecule has 0 N–H and O–H groups in total. The minimum atomic E-state index is -0.464. The molecule has 10 aliphatic rings. The molecule has 0 spiro atoms. The van der Waals surface area contributed by atoms with Gasteiger partial charge in [0.2, 0.25) is 0 Å². The number of methoxy groups -OCH3 is 2. The lowest BCUT2D eigenvalue weighted by molar-refractivity contribution is 0.419. The molecular formula is C49H38N2O2S3. The Morgan fingerprint density at radius 3 is 1.57 bits per heavy atom. The van der Waals surface area contributed by atoms with Crippen LogP contribution in [0.15, 0.2) is 134 Å². The Morgan fingerprint density at radius 1 is 0.625 bits per heavy atom. The van der Waals surface area contributed by atoms with Crippen LogP contribution in [0.4, 0.5) is 0 Å². The van der Waals surface area contributed by atoms with Crippen molar-refractivity contribution in [2.24, 2.45) is 0 Å². The van der Waals surface area contributed by atoms with Gasteiger partial charge in [0.1, 0.15) is 22.5 Å². The maximum atomic E-state index is 6.16. The second-order valence-electron chi connectivity index (χ2n) is 14.7. The number of aromatic nitrogens is 2. The highest BCUT2D eigenvalue weighted by Gasteiger charge is 2.31. The summed E-state index contributed by atoms with van der Waals surface area (Å²) < 4.78 is 24.3. The molecule has 16 bridgehead atoms. The molecule has 9 aromatic rings. The highest BCUT2D eigenvalue weighted by atomic mass is 32.1. The van der Waals surface area contributed by atoms with Gasteiger partial charge in [-0.15, -0.1) is 29.3 Å². The fourth-order valence-corrected chi connectivity index (χ4v) is 11.5. The maximum absolute atomic E-state index is 6.16. The largest absolute Gasteiger partial charge is 0.495 e. The van der Waals surface area contributed by atoms with Gasteiger partial charge < -0.3 is 9.47 Å². The Bertz CT molecular complexity index is 2880. The van der Waals surface area contributed by atoms with Crippen LogP contribution in [0.25, 0.3) is 74.3 Å². The standard InChI is InChI=1S/C49H38N2O2S3/c1-6-36-32-14-8-28(9-15-32)29-10-16-33(17-11-29)41-26-38-45(52-4)48-39(46(53-5)47(38)54-41)27-42(55-48)34-18-12-30(13-19-34)31-20-22-35(23-21-31)49(3,7-2)40-25-24-37(36)43-44(40)51-56-50-43/h7-27,36H,2,6H2,1,3-5H3. The van der Waals surface area contributed by atoms with E-state index in [9.17, 15) is 0 Å². The van der Waals surface area contributed by atoms with E-state index in [-0.39, 0.29) is 5.92 Å². The molecule has 0 fully saturated rings. The molecule has 274 valence electrons. The van der Waals surface area contributed by atoms with Crippen molar-refractivity contribution in [3.63, 3.8) is 0 Å². The van der Waals surface area contributed by atoms with Gasteiger partial charge in [-0.05, 0) is 81.1 Å². The Morgan fingerprint density at radius 2 is 1.09 bits per heavy atom. The lowest BCUT2D eigenvalue weighted by Gasteiger charge is -2.28. The zero-order chi connectivity index (χ0) is 38.1. The number of nitrogens with zero attached hydrogens (tertiary/aromatic N) is 2. The smallest absolute Gasteiger partial charge is 0.145 e. The van der Waals surface area contributed by atoms with E-state index in [0.29, 0.717) is 0 Å². The van der Waals surface area contributed by atoms with Crippen LogP contribution in [0.2, 0.25) is 0 Å². The molecule has 2 atom stereocenters. The van der Waals surface area contributed by atoms with Gasteiger partial charge in [-0.2, -0.15) is 8.75 Å². The van der Waals surface area contributed by atoms with Gasteiger partial charge in [0, 0.05) is 31.9 Å². The van der Waals surface area contributed by atoms with Crippen LogP contribution in [0.1, 0.15) is 48.4 Å². The first kappa shape index (κ1) is 34.9. The second-order valence-corrected chi connectivity index (χ2v) is 17.3. The fraction of sp³-hybridized carbons (Fsp3) is 0.143. The number of allylic oxidation sites excluding steroid dienone is 1. The summed E-state index contributed by atoms with van der Waals surface area (Å²) in [6.07, 6.45) is 3.00. The molecule has 6 aromatic carbocycles. The van der Waals surface area contributed by atoms with Crippen LogP contribution in [-0.4, -0.2) is 23.0 Å². The van der Waals surface area contributed by atoms with Crippen molar-refractivity contribution in [1.82, 2.24) is 8.75 Å². The zero-order valence-electron chi connectivity index (χ0n) is 31.6. The highest BCUT2D eigenvalue weighted by molar-refractivity contribution is 7.24. The van der Waals surface area contributed by atoms with E-state index in [0.717, 1.165) is 76.9 Å². The Kier molecular flexibility index (Phi) is 8.44. The van der Waals surface area contributed by atoms with Crippen LogP contribution in [-0.2, 0) is 5.41 Å². The first-order valence-electron chi connectivity index (χ1n) is 18.8. The van der Waals surface area contributed by atoms with E-state index in [1.807, 2.05) is 6.08 Å². The number of rotatable bonds is 4. The molecule has 3 aromatic heterocycles. The maximum Gasteiger partial charge on any atom is 0.145 e. The number of ether oxygens (including phenoxy) is 2. The summed E-state index contributed by atoms with van der Waals surface area (Å²) >= 11 is 4.78.